The molecule has 1 aromatic rings. The minimum atomic E-state index is -0.639. The molecule has 0 aromatic heterocycles. The maximum absolute atomic E-state index is 11.9. The average Bonchev–Trinajstić information content (AvgIpc) is 2.83. The summed E-state index contributed by atoms with van der Waals surface area (Å²) in [4.78, 5) is 11.9. The number of carbonyl (C=O) groups excluding carboxylic acids is 1. The fourth-order valence-corrected chi connectivity index (χ4v) is 2.28. The lowest BCUT2D eigenvalue weighted by Gasteiger charge is -2.16. The van der Waals surface area contributed by atoms with Gasteiger partial charge in [-0.15, -0.1) is 0 Å². The highest BCUT2D eigenvalue weighted by atomic mass is 16.3. The largest absolute Gasteiger partial charge is 0.387 e. The van der Waals surface area contributed by atoms with Crippen LogP contribution in [-0.2, 0) is 4.79 Å². The van der Waals surface area contributed by atoms with Crippen molar-refractivity contribution in [1.82, 2.24) is 10.6 Å². The van der Waals surface area contributed by atoms with Crippen LogP contribution in [0.3, 0.4) is 0 Å². The molecule has 1 saturated heterocycles. The normalized spacial score (nSPS) is 24.8. The summed E-state index contributed by atoms with van der Waals surface area (Å²) in [5.41, 5.74) is 0.829. The molecule has 1 amide bonds. The maximum Gasteiger partial charge on any atom is 0.224 e. The molecule has 0 spiro atoms. The number of nitrogens with one attached hydrogen (secondary N) is 2. The quantitative estimate of drug-likeness (QED) is 0.735. The van der Waals surface area contributed by atoms with Crippen molar-refractivity contribution < 1.29 is 9.90 Å². The zero-order chi connectivity index (χ0) is 13.0. The Hall–Kier alpha value is -1.39. The smallest absolute Gasteiger partial charge is 0.224 e. The second-order valence-electron chi connectivity index (χ2n) is 4.91. The van der Waals surface area contributed by atoms with Crippen molar-refractivity contribution in [3.8, 4) is 0 Å². The number of aliphatic hydroxyl groups excluding tert-OH is 1. The van der Waals surface area contributed by atoms with Gasteiger partial charge in [0.1, 0.15) is 0 Å². The first-order chi connectivity index (χ1) is 8.68. The molecular formula is C14H20N2O2. The number of amides is 1. The van der Waals surface area contributed by atoms with E-state index in [1.54, 1.807) is 0 Å². The topological polar surface area (TPSA) is 61.4 Å². The van der Waals surface area contributed by atoms with Crippen LogP contribution in [0.15, 0.2) is 30.3 Å². The molecule has 1 aromatic carbocycles. The average molecular weight is 248 g/mol. The van der Waals surface area contributed by atoms with E-state index in [0.29, 0.717) is 5.92 Å². The second kappa shape index (κ2) is 5.98. The zero-order valence-corrected chi connectivity index (χ0v) is 10.6. The van der Waals surface area contributed by atoms with Gasteiger partial charge >= 0.3 is 0 Å². The van der Waals surface area contributed by atoms with Gasteiger partial charge in [-0.2, -0.15) is 0 Å². The molecule has 0 bridgehead atoms. The van der Waals surface area contributed by atoms with Crippen molar-refractivity contribution in [3.63, 3.8) is 0 Å². The summed E-state index contributed by atoms with van der Waals surface area (Å²) >= 11 is 0. The van der Waals surface area contributed by atoms with Gasteiger partial charge in [-0.25, -0.2) is 0 Å². The molecule has 3 atom stereocenters. The lowest BCUT2D eigenvalue weighted by atomic mass is 9.97. The lowest BCUT2D eigenvalue weighted by molar-refractivity contribution is -0.125. The SMILES string of the molecule is CC1CNCC1C(=O)NCC(O)c1ccccc1. The van der Waals surface area contributed by atoms with Gasteiger partial charge in [0, 0.05) is 13.1 Å². The predicted octanol–water partition coefficient (Wildman–Crippen LogP) is 0.692. The summed E-state index contributed by atoms with van der Waals surface area (Å²) in [6.07, 6.45) is -0.639. The number of carbonyl (C=O) groups is 1. The molecule has 1 aliphatic rings. The molecule has 2 rings (SSSR count). The fourth-order valence-electron chi connectivity index (χ4n) is 2.28. The van der Waals surface area contributed by atoms with Crippen LogP contribution in [0.5, 0.6) is 0 Å². The summed E-state index contributed by atoms with van der Waals surface area (Å²) in [7, 11) is 0. The first-order valence-electron chi connectivity index (χ1n) is 6.40. The zero-order valence-electron chi connectivity index (χ0n) is 10.6. The molecule has 98 valence electrons. The van der Waals surface area contributed by atoms with E-state index in [1.807, 2.05) is 30.3 Å². The van der Waals surface area contributed by atoms with E-state index in [0.717, 1.165) is 18.7 Å². The molecule has 18 heavy (non-hydrogen) atoms. The van der Waals surface area contributed by atoms with Crippen LogP contribution in [-0.4, -0.2) is 30.6 Å². The Kier molecular flexibility index (Phi) is 4.33. The highest BCUT2D eigenvalue weighted by molar-refractivity contribution is 5.79. The summed E-state index contributed by atoms with van der Waals surface area (Å²) in [6, 6.07) is 9.38. The van der Waals surface area contributed by atoms with E-state index in [4.69, 9.17) is 0 Å². The summed E-state index contributed by atoms with van der Waals surface area (Å²) in [6.45, 7) is 3.96. The number of rotatable bonds is 4. The summed E-state index contributed by atoms with van der Waals surface area (Å²) in [5, 5.41) is 16.0. The molecule has 4 nitrogen and oxygen atoms in total. The van der Waals surface area contributed by atoms with E-state index in [1.165, 1.54) is 0 Å². The van der Waals surface area contributed by atoms with Crippen molar-refractivity contribution >= 4 is 5.91 Å². The Labute approximate surface area is 107 Å². The van der Waals surface area contributed by atoms with E-state index in [9.17, 15) is 9.90 Å². The minimum Gasteiger partial charge on any atom is -0.387 e. The van der Waals surface area contributed by atoms with Gasteiger partial charge in [0.15, 0.2) is 0 Å². The van der Waals surface area contributed by atoms with Crippen molar-refractivity contribution in [2.45, 2.75) is 13.0 Å². The molecule has 1 aliphatic heterocycles. The van der Waals surface area contributed by atoms with Gasteiger partial charge in [0.05, 0.1) is 12.0 Å². The highest BCUT2D eigenvalue weighted by Crippen LogP contribution is 2.16. The fraction of sp³-hybridized carbons (Fsp3) is 0.500. The lowest BCUT2D eigenvalue weighted by Crippen LogP contribution is -2.36. The van der Waals surface area contributed by atoms with Crippen molar-refractivity contribution in [1.29, 1.82) is 0 Å². The molecule has 3 unspecified atom stereocenters. The van der Waals surface area contributed by atoms with E-state index in [2.05, 4.69) is 17.6 Å². The van der Waals surface area contributed by atoms with Crippen molar-refractivity contribution in [2.24, 2.45) is 11.8 Å². The Morgan fingerprint density at radius 1 is 1.44 bits per heavy atom. The van der Waals surface area contributed by atoms with Crippen LogP contribution < -0.4 is 10.6 Å². The van der Waals surface area contributed by atoms with E-state index < -0.39 is 6.10 Å². The first-order valence-corrected chi connectivity index (χ1v) is 6.40. The van der Waals surface area contributed by atoms with Gasteiger partial charge in [-0.3, -0.25) is 4.79 Å². The van der Waals surface area contributed by atoms with Crippen LogP contribution >= 0.6 is 0 Å². The monoisotopic (exact) mass is 248 g/mol. The number of hydrogen-bond acceptors (Lipinski definition) is 3. The standard InChI is InChI=1S/C14H20N2O2/c1-10-7-15-8-12(10)14(18)16-9-13(17)11-5-3-2-4-6-11/h2-6,10,12-13,15,17H,7-9H2,1H3,(H,16,18). The van der Waals surface area contributed by atoms with Crippen LogP contribution in [0.1, 0.15) is 18.6 Å². The Morgan fingerprint density at radius 3 is 2.78 bits per heavy atom. The third-order valence-corrected chi connectivity index (χ3v) is 3.51. The Morgan fingerprint density at radius 2 is 2.17 bits per heavy atom. The Bertz CT molecular complexity index is 394. The first kappa shape index (κ1) is 13.1. The maximum atomic E-state index is 11.9. The third kappa shape index (κ3) is 3.09. The molecule has 0 radical (unpaired) electrons. The second-order valence-corrected chi connectivity index (χ2v) is 4.91. The van der Waals surface area contributed by atoms with Gasteiger partial charge in [-0.1, -0.05) is 37.3 Å². The molecule has 0 saturated carbocycles. The summed E-state index contributed by atoms with van der Waals surface area (Å²) < 4.78 is 0. The number of benzene rings is 1. The van der Waals surface area contributed by atoms with E-state index >= 15 is 0 Å². The van der Waals surface area contributed by atoms with Crippen LogP contribution in [0.4, 0.5) is 0 Å². The highest BCUT2D eigenvalue weighted by Gasteiger charge is 2.29. The number of aliphatic hydroxyl groups is 1. The molecule has 4 heteroatoms. The molecule has 1 fully saturated rings. The predicted molar refractivity (Wildman–Crippen MR) is 69.9 cm³/mol. The van der Waals surface area contributed by atoms with Gasteiger partial charge < -0.3 is 15.7 Å². The van der Waals surface area contributed by atoms with E-state index in [-0.39, 0.29) is 18.4 Å². The van der Waals surface area contributed by atoms with Crippen LogP contribution in [0, 0.1) is 11.8 Å². The van der Waals surface area contributed by atoms with Gasteiger partial charge in [0.2, 0.25) is 5.91 Å². The minimum absolute atomic E-state index is 0.0213. The van der Waals surface area contributed by atoms with Crippen LogP contribution in [0.2, 0.25) is 0 Å². The Balaban J connectivity index is 1.83. The number of hydrogen-bond donors (Lipinski definition) is 3. The molecule has 0 aliphatic carbocycles. The summed E-state index contributed by atoms with van der Waals surface area (Å²) in [5.74, 6) is 0.411. The van der Waals surface area contributed by atoms with Gasteiger partial charge in [-0.05, 0) is 18.0 Å². The van der Waals surface area contributed by atoms with Crippen molar-refractivity contribution in [2.75, 3.05) is 19.6 Å². The molecule has 3 N–H and O–H groups in total. The third-order valence-electron chi connectivity index (χ3n) is 3.51. The molecule has 1 heterocycles. The van der Waals surface area contributed by atoms with Crippen LogP contribution in [0.25, 0.3) is 0 Å². The van der Waals surface area contributed by atoms with Crippen molar-refractivity contribution in [3.05, 3.63) is 35.9 Å². The van der Waals surface area contributed by atoms with Gasteiger partial charge in [0.25, 0.3) is 0 Å². The molecular weight excluding hydrogens is 228 g/mol.